The van der Waals surface area contributed by atoms with E-state index < -0.39 is 0 Å². The van der Waals surface area contributed by atoms with E-state index in [1.54, 1.807) is 12.4 Å². The van der Waals surface area contributed by atoms with Crippen molar-refractivity contribution in [3.8, 4) is 0 Å². The van der Waals surface area contributed by atoms with Crippen LogP contribution in [0.5, 0.6) is 0 Å². The van der Waals surface area contributed by atoms with Gasteiger partial charge in [-0.25, -0.2) is 4.68 Å². The molecule has 0 aliphatic carbocycles. The Labute approximate surface area is 108 Å². The zero-order chi connectivity index (χ0) is 12.3. The van der Waals surface area contributed by atoms with Crippen LogP contribution in [0.4, 0.5) is 0 Å². The number of aryl methyl sites for hydroxylation is 2. The van der Waals surface area contributed by atoms with Crippen molar-refractivity contribution in [1.29, 1.82) is 0 Å². The molecule has 0 aromatic carbocycles. The molecule has 2 aromatic heterocycles. The van der Waals surface area contributed by atoms with Gasteiger partial charge in [-0.3, -0.25) is 9.78 Å². The van der Waals surface area contributed by atoms with Crippen LogP contribution in [-0.4, -0.2) is 14.8 Å². The van der Waals surface area contributed by atoms with Crippen LogP contribution in [0.3, 0.4) is 0 Å². The third-order valence-corrected chi connectivity index (χ3v) is 3.03. The van der Waals surface area contributed by atoms with E-state index in [0.717, 1.165) is 5.56 Å². The summed E-state index contributed by atoms with van der Waals surface area (Å²) in [5.74, 6) is 0. The first-order chi connectivity index (χ1) is 8.18. The fraction of sp³-hybridized carbons (Fsp3) is 0.182. The van der Waals surface area contributed by atoms with Crippen LogP contribution in [0.2, 0.25) is 10.0 Å². The highest BCUT2D eigenvalue weighted by Crippen LogP contribution is 2.14. The molecule has 0 N–H and O–H groups in total. The van der Waals surface area contributed by atoms with Crippen molar-refractivity contribution >= 4 is 23.2 Å². The van der Waals surface area contributed by atoms with Crippen molar-refractivity contribution in [2.45, 2.75) is 13.0 Å². The van der Waals surface area contributed by atoms with Crippen molar-refractivity contribution in [3.05, 3.63) is 56.7 Å². The Balaban J connectivity index is 2.16. The number of halogens is 2. The molecule has 0 saturated carbocycles. The van der Waals surface area contributed by atoms with Crippen LogP contribution in [0.15, 0.2) is 35.5 Å². The van der Waals surface area contributed by atoms with Gasteiger partial charge in [-0.1, -0.05) is 29.3 Å². The quantitative estimate of drug-likeness (QED) is 0.858. The van der Waals surface area contributed by atoms with Crippen LogP contribution in [0, 0.1) is 0 Å². The van der Waals surface area contributed by atoms with Gasteiger partial charge in [0.05, 0.1) is 11.2 Å². The molecule has 17 heavy (non-hydrogen) atoms. The van der Waals surface area contributed by atoms with Gasteiger partial charge in [-0.15, -0.1) is 0 Å². The number of nitrogens with zero attached hydrogens (tertiary/aromatic N) is 3. The SMILES string of the molecule is O=c1c(Cl)c(Cl)cnn1CCc1cccnc1. The average molecular weight is 270 g/mol. The maximum Gasteiger partial charge on any atom is 0.287 e. The van der Waals surface area contributed by atoms with Crippen molar-refractivity contribution in [2.24, 2.45) is 0 Å². The van der Waals surface area contributed by atoms with Crippen LogP contribution in [0.25, 0.3) is 0 Å². The summed E-state index contributed by atoms with van der Waals surface area (Å²) >= 11 is 11.4. The zero-order valence-corrected chi connectivity index (χ0v) is 10.3. The first-order valence-electron chi connectivity index (χ1n) is 4.98. The summed E-state index contributed by atoms with van der Waals surface area (Å²) in [5, 5.41) is 4.10. The minimum Gasteiger partial charge on any atom is -0.266 e. The number of aromatic nitrogens is 3. The summed E-state index contributed by atoms with van der Waals surface area (Å²) in [5.41, 5.74) is 0.662. The standard InChI is InChI=1S/C11H9Cl2N3O/c12-9-7-15-16(11(17)10(9)13)5-3-8-2-1-4-14-6-8/h1-2,4,6-7H,3,5H2. The first kappa shape index (κ1) is 12.1. The Kier molecular flexibility index (Phi) is 3.76. The van der Waals surface area contributed by atoms with E-state index in [1.165, 1.54) is 10.9 Å². The van der Waals surface area contributed by atoms with Crippen LogP contribution >= 0.6 is 23.2 Å². The molecule has 0 radical (unpaired) electrons. The highest BCUT2D eigenvalue weighted by Gasteiger charge is 2.07. The maximum atomic E-state index is 11.7. The molecular weight excluding hydrogens is 261 g/mol. The highest BCUT2D eigenvalue weighted by atomic mass is 35.5. The van der Waals surface area contributed by atoms with Gasteiger partial charge in [0.2, 0.25) is 0 Å². The normalized spacial score (nSPS) is 10.5. The van der Waals surface area contributed by atoms with Gasteiger partial charge >= 0.3 is 0 Å². The molecule has 2 heterocycles. The summed E-state index contributed by atoms with van der Waals surface area (Å²) in [4.78, 5) is 15.7. The molecule has 0 fully saturated rings. The van der Waals surface area contributed by atoms with Crippen LogP contribution in [0.1, 0.15) is 5.56 Å². The monoisotopic (exact) mass is 269 g/mol. The van der Waals surface area contributed by atoms with Crippen molar-refractivity contribution in [1.82, 2.24) is 14.8 Å². The third kappa shape index (κ3) is 2.84. The molecule has 88 valence electrons. The van der Waals surface area contributed by atoms with E-state index in [1.807, 2.05) is 12.1 Å². The Bertz CT molecular complexity index is 569. The second-order valence-corrected chi connectivity index (χ2v) is 4.23. The van der Waals surface area contributed by atoms with Crippen LogP contribution in [-0.2, 0) is 13.0 Å². The van der Waals surface area contributed by atoms with E-state index >= 15 is 0 Å². The molecule has 2 aromatic rings. The fourth-order valence-corrected chi connectivity index (χ4v) is 1.66. The largest absolute Gasteiger partial charge is 0.287 e. The molecule has 4 nitrogen and oxygen atoms in total. The third-order valence-electron chi connectivity index (χ3n) is 2.28. The summed E-state index contributed by atoms with van der Waals surface area (Å²) in [6, 6.07) is 3.79. The minimum absolute atomic E-state index is 0.00727. The predicted octanol–water partition coefficient (Wildman–Crippen LogP) is 2.19. The van der Waals surface area contributed by atoms with Gasteiger partial charge in [-0.05, 0) is 18.1 Å². The van der Waals surface area contributed by atoms with E-state index in [-0.39, 0.29) is 15.6 Å². The van der Waals surface area contributed by atoms with E-state index in [9.17, 15) is 4.79 Å². The van der Waals surface area contributed by atoms with E-state index in [0.29, 0.717) is 13.0 Å². The molecule has 6 heteroatoms. The summed E-state index contributed by atoms with van der Waals surface area (Å²) in [7, 11) is 0. The van der Waals surface area contributed by atoms with Gasteiger partial charge in [0.15, 0.2) is 0 Å². The van der Waals surface area contributed by atoms with Gasteiger partial charge in [0, 0.05) is 18.9 Å². The van der Waals surface area contributed by atoms with E-state index in [2.05, 4.69) is 10.1 Å². The maximum absolute atomic E-state index is 11.7. The molecule has 0 aliphatic heterocycles. The summed E-state index contributed by atoms with van der Waals surface area (Å²) in [6.45, 7) is 0.446. The fourth-order valence-electron chi connectivity index (χ4n) is 1.39. The molecule has 0 spiro atoms. The first-order valence-corrected chi connectivity index (χ1v) is 5.74. The lowest BCUT2D eigenvalue weighted by Crippen LogP contribution is -2.24. The number of hydrogen-bond donors (Lipinski definition) is 0. The van der Waals surface area contributed by atoms with Gasteiger partial charge < -0.3 is 0 Å². The van der Waals surface area contributed by atoms with Gasteiger partial charge in [0.25, 0.3) is 5.56 Å². The summed E-state index contributed by atoms with van der Waals surface area (Å²) in [6.07, 6.45) is 5.49. The molecule has 2 rings (SSSR count). The Hall–Kier alpha value is -1.39. The van der Waals surface area contributed by atoms with Gasteiger partial charge in [0.1, 0.15) is 5.02 Å². The zero-order valence-electron chi connectivity index (χ0n) is 8.81. The van der Waals surface area contributed by atoms with Crippen molar-refractivity contribution < 1.29 is 0 Å². The lowest BCUT2D eigenvalue weighted by molar-refractivity contribution is 0.577. The number of hydrogen-bond acceptors (Lipinski definition) is 3. The molecule has 0 bridgehead atoms. The highest BCUT2D eigenvalue weighted by molar-refractivity contribution is 6.41. The Morgan fingerprint density at radius 2 is 2.12 bits per heavy atom. The summed E-state index contributed by atoms with van der Waals surface area (Å²) < 4.78 is 1.29. The molecule has 0 aliphatic rings. The minimum atomic E-state index is -0.372. The Morgan fingerprint density at radius 1 is 1.29 bits per heavy atom. The predicted molar refractivity (Wildman–Crippen MR) is 66.5 cm³/mol. The molecule has 0 amide bonds. The lowest BCUT2D eigenvalue weighted by atomic mass is 10.2. The number of pyridine rings is 1. The smallest absolute Gasteiger partial charge is 0.266 e. The van der Waals surface area contributed by atoms with Gasteiger partial charge in [-0.2, -0.15) is 5.10 Å². The van der Waals surface area contributed by atoms with E-state index in [4.69, 9.17) is 23.2 Å². The molecule has 0 saturated heterocycles. The molecular formula is C11H9Cl2N3O. The van der Waals surface area contributed by atoms with Crippen molar-refractivity contribution in [2.75, 3.05) is 0 Å². The lowest BCUT2D eigenvalue weighted by Gasteiger charge is -2.05. The number of rotatable bonds is 3. The second-order valence-electron chi connectivity index (χ2n) is 3.45. The topological polar surface area (TPSA) is 47.8 Å². The Morgan fingerprint density at radius 3 is 2.82 bits per heavy atom. The van der Waals surface area contributed by atoms with Crippen LogP contribution < -0.4 is 5.56 Å². The molecule has 0 unspecified atom stereocenters. The average Bonchev–Trinajstić information content (AvgIpc) is 2.36. The van der Waals surface area contributed by atoms with Crippen molar-refractivity contribution in [3.63, 3.8) is 0 Å². The molecule has 0 atom stereocenters. The second kappa shape index (κ2) is 5.29.